The molecule has 0 aliphatic carbocycles. The van der Waals surface area contributed by atoms with E-state index in [0.717, 1.165) is 0 Å². The van der Waals surface area contributed by atoms with Crippen LogP contribution in [0.3, 0.4) is 0 Å². The summed E-state index contributed by atoms with van der Waals surface area (Å²) in [6.07, 6.45) is 3.01. The summed E-state index contributed by atoms with van der Waals surface area (Å²) in [5, 5.41) is 0.370. The molecule has 0 saturated carbocycles. The second-order valence-corrected chi connectivity index (χ2v) is 5.96. The standard InChI is InChI=1S/C13H13ClN2O3S/c1-2-19-13-9-11(3-4-12(13)14)20(17,18)16-10-5-7-15-8-6-10/h3-9H,2H2,1H3,(H,15,16). The Morgan fingerprint density at radius 2 is 1.95 bits per heavy atom. The Kier molecular flexibility index (Phi) is 4.46. The van der Waals surface area contributed by atoms with Crippen LogP contribution in [0.2, 0.25) is 5.02 Å². The number of anilines is 1. The predicted molar refractivity (Wildman–Crippen MR) is 77.7 cm³/mol. The summed E-state index contributed by atoms with van der Waals surface area (Å²) in [6, 6.07) is 7.45. The Labute approximate surface area is 122 Å². The SMILES string of the molecule is CCOc1cc(S(=O)(=O)Nc2ccncc2)ccc1Cl. The van der Waals surface area contributed by atoms with Crippen molar-refractivity contribution in [2.75, 3.05) is 11.3 Å². The Bertz CT molecular complexity index is 690. The van der Waals surface area contributed by atoms with E-state index in [4.69, 9.17) is 16.3 Å². The number of halogens is 1. The minimum Gasteiger partial charge on any atom is -0.492 e. The normalized spacial score (nSPS) is 11.1. The number of aromatic nitrogens is 1. The van der Waals surface area contributed by atoms with Gasteiger partial charge in [0.2, 0.25) is 0 Å². The number of nitrogens with zero attached hydrogens (tertiary/aromatic N) is 1. The Morgan fingerprint density at radius 3 is 2.60 bits per heavy atom. The van der Waals surface area contributed by atoms with Crippen molar-refractivity contribution in [1.82, 2.24) is 4.98 Å². The second kappa shape index (κ2) is 6.11. The number of benzene rings is 1. The van der Waals surface area contributed by atoms with E-state index in [-0.39, 0.29) is 4.90 Å². The van der Waals surface area contributed by atoms with Crippen LogP contribution in [0.5, 0.6) is 5.75 Å². The van der Waals surface area contributed by atoms with E-state index in [1.165, 1.54) is 30.6 Å². The number of hydrogen-bond donors (Lipinski definition) is 1. The third-order valence-electron chi connectivity index (χ3n) is 2.45. The van der Waals surface area contributed by atoms with Crippen molar-refractivity contribution >= 4 is 27.3 Å². The van der Waals surface area contributed by atoms with Crippen molar-refractivity contribution in [3.05, 3.63) is 47.7 Å². The van der Waals surface area contributed by atoms with Gasteiger partial charge in [-0.1, -0.05) is 11.6 Å². The van der Waals surface area contributed by atoms with Crippen molar-refractivity contribution in [3.8, 4) is 5.75 Å². The molecule has 1 heterocycles. The van der Waals surface area contributed by atoms with Crippen LogP contribution < -0.4 is 9.46 Å². The van der Waals surface area contributed by atoms with Crippen LogP contribution in [0.4, 0.5) is 5.69 Å². The maximum Gasteiger partial charge on any atom is 0.262 e. The summed E-state index contributed by atoms with van der Waals surface area (Å²) < 4.78 is 32.2. The lowest BCUT2D eigenvalue weighted by molar-refractivity contribution is 0.339. The molecule has 20 heavy (non-hydrogen) atoms. The molecule has 2 aromatic rings. The zero-order valence-corrected chi connectivity index (χ0v) is 12.3. The Hall–Kier alpha value is -1.79. The topological polar surface area (TPSA) is 68.3 Å². The maximum atomic E-state index is 12.2. The smallest absolute Gasteiger partial charge is 0.262 e. The van der Waals surface area contributed by atoms with Gasteiger partial charge in [-0.05, 0) is 31.2 Å². The molecule has 0 fully saturated rings. The van der Waals surface area contributed by atoms with Crippen molar-refractivity contribution in [1.29, 1.82) is 0 Å². The molecule has 106 valence electrons. The molecule has 2 rings (SSSR count). The number of ether oxygens (including phenoxy) is 1. The number of hydrogen-bond acceptors (Lipinski definition) is 4. The van der Waals surface area contributed by atoms with Crippen LogP contribution in [0.25, 0.3) is 0 Å². The maximum absolute atomic E-state index is 12.2. The highest BCUT2D eigenvalue weighted by Gasteiger charge is 2.16. The number of nitrogens with one attached hydrogen (secondary N) is 1. The van der Waals surface area contributed by atoms with Crippen LogP contribution >= 0.6 is 11.6 Å². The van der Waals surface area contributed by atoms with Gasteiger partial charge < -0.3 is 4.74 Å². The fraction of sp³-hybridized carbons (Fsp3) is 0.154. The summed E-state index contributed by atoms with van der Waals surface area (Å²) in [5.74, 6) is 0.340. The first-order chi connectivity index (χ1) is 9.53. The van der Waals surface area contributed by atoms with Gasteiger partial charge in [0.15, 0.2) is 0 Å². The van der Waals surface area contributed by atoms with E-state index in [2.05, 4.69) is 9.71 Å². The van der Waals surface area contributed by atoms with E-state index in [0.29, 0.717) is 23.1 Å². The molecule has 0 aliphatic rings. The molecule has 0 saturated heterocycles. The zero-order valence-electron chi connectivity index (χ0n) is 10.7. The molecule has 0 unspecified atom stereocenters. The zero-order chi connectivity index (χ0) is 14.6. The highest BCUT2D eigenvalue weighted by molar-refractivity contribution is 7.92. The van der Waals surface area contributed by atoms with Gasteiger partial charge in [-0.15, -0.1) is 0 Å². The minimum atomic E-state index is -3.69. The van der Waals surface area contributed by atoms with Gasteiger partial charge in [0.25, 0.3) is 10.0 Å². The lowest BCUT2D eigenvalue weighted by atomic mass is 10.3. The third-order valence-corrected chi connectivity index (χ3v) is 4.14. The summed E-state index contributed by atoms with van der Waals surface area (Å²) in [5.41, 5.74) is 0.438. The van der Waals surface area contributed by atoms with Gasteiger partial charge in [-0.2, -0.15) is 0 Å². The van der Waals surface area contributed by atoms with Crippen LogP contribution in [-0.2, 0) is 10.0 Å². The highest BCUT2D eigenvalue weighted by atomic mass is 35.5. The molecule has 1 aromatic heterocycles. The van der Waals surface area contributed by atoms with Gasteiger partial charge in [0, 0.05) is 18.5 Å². The molecular weight excluding hydrogens is 300 g/mol. The first kappa shape index (κ1) is 14.6. The Balaban J connectivity index is 2.32. The van der Waals surface area contributed by atoms with Gasteiger partial charge in [-0.3, -0.25) is 9.71 Å². The number of rotatable bonds is 5. The van der Waals surface area contributed by atoms with Crippen LogP contribution in [-0.4, -0.2) is 20.0 Å². The van der Waals surface area contributed by atoms with E-state index in [1.807, 2.05) is 0 Å². The van der Waals surface area contributed by atoms with Gasteiger partial charge in [0.05, 0.1) is 22.2 Å². The monoisotopic (exact) mass is 312 g/mol. The fourth-order valence-electron chi connectivity index (χ4n) is 1.55. The summed E-state index contributed by atoms with van der Waals surface area (Å²) in [7, 11) is -3.69. The number of sulfonamides is 1. The third kappa shape index (κ3) is 3.40. The molecule has 0 radical (unpaired) electrons. The average molecular weight is 313 g/mol. The summed E-state index contributed by atoms with van der Waals surface area (Å²) in [6.45, 7) is 2.20. The molecule has 1 aromatic carbocycles. The fourth-order valence-corrected chi connectivity index (χ4v) is 2.80. The quantitative estimate of drug-likeness (QED) is 0.921. The summed E-state index contributed by atoms with van der Waals surface area (Å²) >= 11 is 5.94. The van der Waals surface area contributed by atoms with Crippen molar-refractivity contribution in [3.63, 3.8) is 0 Å². The Morgan fingerprint density at radius 1 is 1.25 bits per heavy atom. The largest absolute Gasteiger partial charge is 0.492 e. The lowest BCUT2D eigenvalue weighted by Crippen LogP contribution is -2.13. The lowest BCUT2D eigenvalue weighted by Gasteiger charge is -2.10. The number of pyridine rings is 1. The summed E-state index contributed by atoms with van der Waals surface area (Å²) in [4.78, 5) is 3.91. The van der Waals surface area contributed by atoms with Gasteiger partial charge in [-0.25, -0.2) is 8.42 Å². The second-order valence-electron chi connectivity index (χ2n) is 3.87. The van der Waals surface area contributed by atoms with E-state index >= 15 is 0 Å². The van der Waals surface area contributed by atoms with E-state index in [9.17, 15) is 8.42 Å². The first-order valence-electron chi connectivity index (χ1n) is 5.88. The molecule has 0 spiro atoms. The molecule has 0 bridgehead atoms. The molecule has 0 amide bonds. The van der Waals surface area contributed by atoms with E-state index < -0.39 is 10.0 Å². The average Bonchev–Trinajstić information content (AvgIpc) is 2.42. The van der Waals surface area contributed by atoms with E-state index in [1.54, 1.807) is 19.1 Å². The molecule has 5 nitrogen and oxygen atoms in total. The van der Waals surface area contributed by atoms with Gasteiger partial charge >= 0.3 is 0 Å². The van der Waals surface area contributed by atoms with Crippen LogP contribution in [0.1, 0.15) is 6.92 Å². The first-order valence-corrected chi connectivity index (χ1v) is 7.74. The molecule has 7 heteroatoms. The predicted octanol–water partition coefficient (Wildman–Crippen LogP) is 2.93. The molecule has 0 atom stereocenters. The van der Waals surface area contributed by atoms with Crippen molar-refractivity contribution in [2.45, 2.75) is 11.8 Å². The van der Waals surface area contributed by atoms with Crippen molar-refractivity contribution < 1.29 is 13.2 Å². The van der Waals surface area contributed by atoms with Gasteiger partial charge in [0.1, 0.15) is 5.75 Å². The minimum absolute atomic E-state index is 0.0853. The molecule has 1 N–H and O–H groups in total. The van der Waals surface area contributed by atoms with Crippen molar-refractivity contribution in [2.24, 2.45) is 0 Å². The van der Waals surface area contributed by atoms with Crippen LogP contribution in [0.15, 0.2) is 47.6 Å². The molecular formula is C13H13ClN2O3S. The molecule has 0 aliphatic heterocycles. The van der Waals surface area contributed by atoms with Crippen LogP contribution in [0, 0.1) is 0 Å². The highest BCUT2D eigenvalue weighted by Crippen LogP contribution is 2.28.